The van der Waals surface area contributed by atoms with E-state index in [0.717, 1.165) is 85.2 Å². The lowest BCUT2D eigenvalue weighted by molar-refractivity contribution is -0.469. The van der Waals surface area contributed by atoms with Crippen molar-refractivity contribution in [2.45, 2.75) is 24.3 Å². The second kappa shape index (κ2) is 11.3. The minimum atomic E-state index is -0.0714. The van der Waals surface area contributed by atoms with Crippen LogP contribution in [0.25, 0.3) is 24.4 Å². The van der Waals surface area contributed by atoms with Gasteiger partial charge in [0, 0.05) is 4.91 Å². The van der Waals surface area contributed by atoms with Gasteiger partial charge in [0.05, 0.1) is 34.2 Å². The largest absolute Gasteiger partial charge is 0.485 e. The molecule has 7 aliphatic heterocycles. The Kier molecular flexibility index (Phi) is 6.96. The van der Waals surface area contributed by atoms with Gasteiger partial charge in [0.1, 0.15) is 44.9 Å². The first-order valence-electron chi connectivity index (χ1n) is 15.5. The second-order valence-electron chi connectivity index (χ2n) is 11.3. The highest BCUT2D eigenvalue weighted by atomic mass is 32.2. The molecule has 0 N–H and O–H groups in total. The van der Waals surface area contributed by atoms with Crippen LogP contribution in [0.1, 0.15) is 28.9 Å². The fourth-order valence-electron chi connectivity index (χ4n) is 6.50. The van der Waals surface area contributed by atoms with E-state index < -0.39 is 0 Å². The molecule has 0 amide bonds. The van der Waals surface area contributed by atoms with Crippen molar-refractivity contribution in [1.82, 2.24) is 0 Å². The molecule has 0 saturated heterocycles. The Hall–Kier alpha value is -2.98. The summed E-state index contributed by atoms with van der Waals surface area (Å²) in [5.41, 5.74) is 0. The van der Waals surface area contributed by atoms with Crippen molar-refractivity contribution in [3.63, 3.8) is 0 Å². The smallest absolute Gasteiger partial charge is 0.380 e. The van der Waals surface area contributed by atoms with Gasteiger partial charge in [0.2, 0.25) is 11.5 Å². The molecule has 0 radical (unpaired) electrons. The third-order valence-electron chi connectivity index (χ3n) is 8.42. The fraction of sp³-hybridized carbons (Fsp3) is 0.438. The predicted molar refractivity (Wildman–Crippen MR) is 183 cm³/mol. The van der Waals surface area contributed by atoms with Crippen molar-refractivity contribution in [3.05, 3.63) is 26.2 Å². The molecule has 0 saturated carbocycles. The number of thioether (sulfide) groups is 2. The third-order valence-corrected chi connectivity index (χ3v) is 15.0. The van der Waals surface area contributed by atoms with Gasteiger partial charge in [-0.15, -0.1) is 57.5 Å². The number of rotatable bonds is 4. The van der Waals surface area contributed by atoms with Crippen LogP contribution in [0.5, 0.6) is 34.5 Å². The van der Waals surface area contributed by atoms with Crippen molar-refractivity contribution in [3.8, 4) is 54.0 Å². The van der Waals surface area contributed by atoms with Gasteiger partial charge in [0.25, 0.3) is 13.2 Å². The zero-order chi connectivity index (χ0) is 31.2. The SMILES string of the molecule is CC1=C2OCC[O+]=C2C(c2sc(-c3sc(-c4sc(C5=C6OCC[O+]=C6C(C)S5)c5c4OCCO5)c4c3OCCO4)c3c2OCCO3)S1. The summed E-state index contributed by atoms with van der Waals surface area (Å²) in [6, 6.07) is 0. The van der Waals surface area contributed by atoms with Crippen LogP contribution in [0.4, 0.5) is 0 Å². The van der Waals surface area contributed by atoms with E-state index in [-0.39, 0.29) is 10.5 Å². The highest BCUT2D eigenvalue weighted by Gasteiger charge is 2.49. The number of hydrogen-bond acceptors (Lipinski definition) is 13. The Morgan fingerprint density at radius 3 is 1.64 bits per heavy atom. The van der Waals surface area contributed by atoms with E-state index in [1.807, 2.05) is 0 Å². The van der Waals surface area contributed by atoms with Gasteiger partial charge in [-0.1, -0.05) is 0 Å². The van der Waals surface area contributed by atoms with Gasteiger partial charge in [-0.05, 0) is 13.8 Å². The average molecular weight is 733 g/mol. The molecule has 3 aromatic heterocycles. The molecular formula is C32H28O10S5+2. The molecule has 15 heteroatoms. The number of carbonyl (C=O) groups excluding carboxylic acids is 2. The second-order valence-corrected chi connectivity index (χ2v) is 17.1. The Morgan fingerprint density at radius 2 is 1.00 bits per heavy atom. The van der Waals surface area contributed by atoms with E-state index in [9.17, 15) is 0 Å². The van der Waals surface area contributed by atoms with Gasteiger partial charge in [-0.2, -0.15) is 0 Å². The molecular weight excluding hydrogens is 705 g/mol. The Morgan fingerprint density at radius 1 is 0.511 bits per heavy atom. The molecule has 10 rings (SSSR count). The van der Waals surface area contributed by atoms with Crippen LogP contribution in [0.3, 0.4) is 0 Å². The topological polar surface area (TPSA) is 96.4 Å². The first-order valence-corrected chi connectivity index (χ1v) is 19.7. The average Bonchev–Trinajstić information content (AvgIpc) is 3.92. The standard InChI is InChI=1S/C32H28O10S5/c1-13-15-17(35-5-3-33-15)25(43-13)27-19-21(39-9-7-37-19)29(45-27)31-23-24(42-12-11-41-23)32(47-31)30-22-20(38-8-10-40-22)28(46-30)26-18-16(14(2)44-26)34-4-6-36-18/h13,26H,3-12H2,1-2H3/q+2. The zero-order valence-corrected chi connectivity index (χ0v) is 29.4. The Labute approximate surface area is 289 Å². The van der Waals surface area contributed by atoms with Crippen LogP contribution in [0.15, 0.2) is 16.4 Å². The molecule has 0 aromatic carbocycles. The minimum absolute atomic E-state index is 0.0714. The molecule has 7 aliphatic rings. The van der Waals surface area contributed by atoms with Crippen LogP contribution in [0.2, 0.25) is 0 Å². The molecule has 0 bridgehead atoms. The first kappa shape index (κ1) is 29.0. The molecule has 0 fully saturated rings. The van der Waals surface area contributed by atoms with E-state index in [2.05, 4.69) is 13.8 Å². The number of allylic oxidation sites excluding steroid dienone is 3. The zero-order valence-electron chi connectivity index (χ0n) is 25.3. The lowest BCUT2D eigenvalue weighted by Crippen LogP contribution is -2.22. The highest BCUT2D eigenvalue weighted by molar-refractivity contribution is 8.10. The number of ether oxygens (including phenoxy) is 8. The van der Waals surface area contributed by atoms with Crippen LogP contribution in [-0.2, 0) is 18.3 Å². The maximum absolute atomic E-state index is 6.39. The number of ketones is 2. The maximum atomic E-state index is 6.39. The van der Waals surface area contributed by atoms with E-state index in [1.165, 1.54) is 0 Å². The molecule has 10 heterocycles. The number of thiophene rings is 3. The minimum Gasteiger partial charge on any atom is -0.485 e. The first-order chi connectivity index (χ1) is 23.2. The summed E-state index contributed by atoms with van der Waals surface area (Å²) in [5.74, 6) is 7.80. The predicted octanol–water partition coefficient (Wildman–Crippen LogP) is 6.61. The van der Waals surface area contributed by atoms with Gasteiger partial charge in [-0.25, -0.2) is 8.85 Å². The Balaban J connectivity index is 1.13. The summed E-state index contributed by atoms with van der Waals surface area (Å²) in [5, 5.41) is 0.0833. The van der Waals surface area contributed by atoms with Crippen molar-refractivity contribution < 1.29 is 46.7 Å². The third kappa shape index (κ3) is 4.42. The number of hydrogen-bond donors (Lipinski definition) is 0. The van der Waals surface area contributed by atoms with Crippen molar-refractivity contribution in [2.75, 3.05) is 66.1 Å². The molecule has 10 nitrogen and oxygen atoms in total. The monoisotopic (exact) mass is 732 g/mol. The van der Waals surface area contributed by atoms with E-state index in [4.69, 9.17) is 46.7 Å². The van der Waals surface area contributed by atoms with Crippen LogP contribution in [0, 0.1) is 0 Å². The van der Waals surface area contributed by atoms with Gasteiger partial charge < -0.3 is 37.9 Å². The van der Waals surface area contributed by atoms with Gasteiger partial charge >= 0.3 is 11.6 Å². The van der Waals surface area contributed by atoms with Gasteiger partial charge in [-0.3, -0.25) is 0 Å². The molecule has 0 spiro atoms. The molecule has 2 atom stereocenters. The van der Waals surface area contributed by atoms with Crippen molar-refractivity contribution >= 4 is 74.0 Å². The van der Waals surface area contributed by atoms with Crippen LogP contribution < -0.4 is 28.4 Å². The molecule has 244 valence electrons. The molecule has 3 aromatic rings. The Bertz CT molecular complexity index is 1960. The highest BCUT2D eigenvalue weighted by Crippen LogP contribution is 2.65. The maximum Gasteiger partial charge on any atom is 0.380 e. The lowest BCUT2D eigenvalue weighted by atomic mass is 10.1. The fourth-order valence-corrected chi connectivity index (χ4v) is 13.0. The summed E-state index contributed by atoms with van der Waals surface area (Å²) in [6.07, 6.45) is 0. The van der Waals surface area contributed by atoms with Crippen molar-refractivity contribution in [2.24, 2.45) is 0 Å². The molecule has 0 aliphatic carbocycles. The lowest BCUT2D eigenvalue weighted by Gasteiger charge is -2.19. The van der Waals surface area contributed by atoms with Crippen LogP contribution in [-0.4, -0.2) is 82.9 Å². The summed E-state index contributed by atoms with van der Waals surface area (Å²) < 4.78 is 62.4. The molecule has 47 heavy (non-hydrogen) atoms. The number of fused-ring (bicyclic) bond motifs is 5. The van der Waals surface area contributed by atoms with Gasteiger partial charge in [0.15, 0.2) is 53.0 Å². The summed E-state index contributed by atoms with van der Waals surface area (Å²) >= 11 is 8.38. The van der Waals surface area contributed by atoms with E-state index >= 15 is 0 Å². The normalized spacial score (nSPS) is 24.0. The molecule has 2 unspecified atom stereocenters. The van der Waals surface area contributed by atoms with E-state index in [0.29, 0.717) is 77.6 Å². The van der Waals surface area contributed by atoms with E-state index in [1.54, 1.807) is 57.5 Å². The van der Waals surface area contributed by atoms with Crippen LogP contribution >= 0.6 is 57.5 Å². The quantitative estimate of drug-likeness (QED) is 0.273. The van der Waals surface area contributed by atoms with Crippen molar-refractivity contribution in [1.29, 1.82) is 0 Å². The summed E-state index contributed by atoms with van der Waals surface area (Å²) in [6.45, 7) is 9.19. The summed E-state index contributed by atoms with van der Waals surface area (Å²) in [7, 11) is 0. The summed E-state index contributed by atoms with van der Waals surface area (Å²) in [4.78, 5) is 7.95.